The summed E-state index contributed by atoms with van der Waals surface area (Å²) in [6.07, 6.45) is 4.60. The lowest BCUT2D eigenvalue weighted by Crippen LogP contribution is -2.36. The second-order valence-corrected chi connectivity index (χ2v) is 3.15. The van der Waals surface area contributed by atoms with E-state index in [1.807, 2.05) is 12.1 Å². The van der Waals surface area contributed by atoms with Crippen molar-refractivity contribution in [2.24, 2.45) is 5.73 Å². The Morgan fingerprint density at radius 1 is 1.29 bits per heavy atom. The highest BCUT2D eigenvalue weighted by Gasteiger charge is 1.98. The van der Waals surface area contributed by atoms with E-state index in [4.69, 9.17) is 5.73 Å². The quantitative estimate of drug-likeness (QED) is 0.673. The number of carbonyl (C=O) groups excluding carboxylic acids is 1. The molecule has 7 heteroatoms. The van der Waals surface area contributed by atoms with Crippen molar-refractivity contribution in [3.05, 3.63) is 30.1 Å². The maximum atomic E-state index is 11.2. The third-order valence-corrected chi connectivity index (χ3v) is 1.88. The Bertz CT molecular complexity index is 298. The predicted octanol–water partition coefficient (Wildman–Crippen LogP) is 0.785. The number of rotatable bonds is 6. The van der Waals surface area contributed by atoms with E-state index in [9.17, 15) is 4.79 Å². The summed E-state index contributed by atoms with van der Waals surface area (Å²) in [4.78, 5) is 15.1. The number of aromatic nitrogens is 1. The Kier molecular flexibility index (Phi) is 12.6. The number of pyridine rings is 1. The second kappa shape index (κ2) is 11.6. The zero-order chi connectivity index (χ0) is 10.9. The first-order valence-electron chi connectivity index (χ1n) is 4.93. The number of carbonyl (C=O) groups is 1. The fraction of sp³-hybridized carbons (Fsp3) is 0.400. The van der Waals surface area contributed by atoms with Crippen molar-refractivity contribution in [2.45, 2.75) is 19.4 Å². The third-order valence-electron chi connectivity index (χ3n) is 1.88. The van der Waals surface area contributed by atoms with Gasteiger partial charge >= 0.3 is 0 Å². The standard InChI is InChI=1S/C10H16N4O.2ClH/c11-5-1-2-10(15)14-13-8-9-3-6-12-7-4-9;;/h3-4,6-7,13H,1-2,5,8,11H2,(H,14,15);2*1H. The van der Waals surface area contributed by atoms with Crippen LogP contribution in [0.3, 0.4) is 0 Å². The Morgan fingerprint density at radius 2 is 1.94 bits per heavy atom. The molecule has 1 rings (SSSR count). The Morgan fingerprint density at radius 3 is 2.53 bits per heavy atom. The molecular weight excluding hydrogens is 263 g/mol. The molecule has 0 aromatic carbocycles. The Hall–Kier alpha value is -0.880. The molecule has 1 amide bonds. The van der Waals surface area contributed by atoms with Gasteiger partial charge in [-0.25, -0.2) is 5.43 Å². The van der Waals surface area contributed by atoms with E-state index in [0.717, 1.165) is 5.56 Å². The number of nitrogens with one attached hydrogen (secondary N) is 2. The molecule has 0 saturated heterocycles. The van der Waals surface area contributed by atoms with Gasteiger partial charge in [0.05, 0.1) is 0 Å². The van der Waals surface area contributed by atoms with Crippen molar-refractivity contribution in [2.75, 3.05) is 6.54 Å². The summed E-state index contributed by atoms with van der Waals surface area (Å²) in [5.41, 5.74) is 11.8. The van der Waals surface area contributed by atoms with Crippen LogP contribution in [0.15, 0.2) is 24.5 Å². The summed E-state index contributed by atoms with van der Waals surface area (Å²) >= 11 is 0. The molecule has 0 radical (unpaired) electrons. The van der Waals surface area contributed by atoms with Crippen LogP contribution in [0.2, 0.25) is 0 Å². The summed E-state index contributed by atoms with van der Waals surface area (Å²) in [5.74, 6) is -0.0329. The van der Waals surface area contributed by atoms with Crippen molar-refractivity contribution in [1.82, 2.24) is 15.8 Å². The van der Waals surface area contributed by atoms with Crippen LogP contribution in [-0.4, -0.2) is 17.4 Å². The van der Waals surface area contributed by atoms with Crippen molar-refractivity contribution in [3.8, 4) is 0 Å². The van der Waals surface area contributed by atoms with E-state index in [0.29, 0.717) is 25.9 Å². The highest BCUT2D eigenvalue weighted by Crippen LogP contribution is 1.93. The topological polar surface area (TPSA) is 80.0 Å². The second-order valence-electron chi connectivity index (χ2n) is 3.15. The van der Waals surface area contributed by atoms with E-state index in [-0.39, 0.29) is 30.7 Å². The average molecular weight is 281 g/mol. The highest BCUT2D eigenvalue weighted by molar-refractivity contribution is 5.85. The lowest BCUT2D eigenvalue weighted by Gasteiger charge is -2.06. The van der Waals surface area contributed by atoms with Gasteiger partial charge in [-0.2, -0.15) is 0 Å². The fourth-order valence-corrected chi connectivity index (χ4v) is 1.07. The number of halogens is 2. The number of nitrogens with two attached hydrogens (primary N) is 1. The molecule has 4 N–H and O–H groups in total. The number of nitrogens with zero attached hydrogens (tertiary/aromatic N) is 1. The van der Waals surface area contributed by atoms with Gasteiger partial charge in [0.25, 0.3) is 0 Å². The first-order chi connectivity index (χ1) is 7.33. The molecule has 0 atom stereocenters. The van der Waals surface area contributed by atoms with Crippen molar-refractivity contribution in [1.29, 1.82) is 0 Å². The van der Waals surface area contributed by atoms with Gasteiger partial charge in [0.15, 0.2) is 0 Å². The van der Waals surface area contributed by atoms with Gasteiger partial charge in [0.1, 0.15) is 0 Å². The third kappa shape index (κ3) is 8.88. The molecule has 0 aliphatic carbocycles. The van der Waals surface area contributed by atoms with Crippen molar-refractivity contribution < 1.29 is 4.79 Å². The van der Waals surface area contributed by atoms with Gasteiger partial charge in [0.2, 0.25) is 5.91 Å². The molecule has 0 fully saturated rings. The van der Waals surface area contributed by atoms with Crippen LogP contribution < -0.4 is 16.6 Å². The number of hydrogen-bond donors (Lipinski definition) is 3. The zero-order valence-electron chi connectivity index (χ0n) is 9.39. The smallest absolute Gasteiger partial charge is 0.234 e. The summed E-state index contributed by atoms with van der Waals surface area (Å²) in [6.45, 7) is 1.13. The fourth-order valence-electron chi connectivity index (χ4n) is 1.07. The van der Waals surface area contributed by atoms with Crippen LogP contribution in [0.25, 0.3) is 0 Å². The Balaban J connectivity index is 0. The van der Waals surface area contributed by atoms with E-state index < -0.39 is 0 Å². The van der Waals surface area contributed by atoms with Crippen LogP contribution >= 0.6 is 24.8 Å². The first-order valence-corrected chi connectivity index (χ1v) is 4.93. The maximum absolute atomic E-state index is 11.2. The van der Waals surface area contributed by atoms with Gasteiger partial charge < -0.3 is 5.73 Å². The first kappa shape index (κ1) is 18.5. The molecule has 1 aromatic rings. The van der Waals surface area contributed by atoms with Crippen molar-refractivity contribution >= 4 is 30.7 Å². The molecule has 0 spiro atoms. The molecule has 98 valence electrons. The summed E-state index contributed by atoms with van der Waals surface area (Å²) in [6, 6.07) is 3.78. The van der Waals surface area contributed by atoms with Gasteiger partial charge in [-0.05, 0) is 30.7 Å². The minimum atomic E-state index is -0.0329. The predicted molar refractivity (Wildman–Crippen MR) is 72.0 cm³/mol. The minimum absolute atomic E-state index is 0. The largest absolute Gasteiger partial charge is 0.330 e. The van der Waals surface area contributed by atoms with E-state index >= 15 is 0 Å². The molecular formula is C10H18Cl2N4O. The number of amides is 1. The summed E-state index contributed by atoms with van der Waals surface area (Å²) in [7, 11) is 0. The van der Waals surface area contributed by atoms with Gasteiger partial charge in [0, 0.05) is 25.4 Å². The monoisotopic (exact) mass is 280 g/mol. The van der Waals surface area contributed by atoms with Crippen molar-refractivity contribution in [3.63, 3.8) is 0 Å². The molecule has 5 nitrogen and oxygen atoms in total. The zero-order valence-corrected chi connectivity index (χ0v) is 11.0. The SMILES string of the molecule is Cl.Cl.NCCCC(=O)NNCc1ccncc1. The van der Waals surface area contributed by atoms with E-state index in [2.05, 4.69) is 15.8 Å². The van der Waals surface area contributed by atoms with Crippen LogP contribution in [0, 0.1) is 0 Å². The van der Waals surface area contributed by atoms with Gasteiger partial charge in [-0.1, -0.05) is 0 Å². The summed E-state index contributed by atoms with van der Waals surface area (Å²) < 4.78 is 0. The molecule has 0 unspecified atom stereocenters. The van der Waals surface area contributed by atoms with Crippen LogP contribution in [0.4, 0.5) is 0 Å². The molecule has 0 aliphatic rings. The van der Waals surface area contributed by atoms with Gasteiger partial charge in [-0.15, -0.1) is 24.8 Å². The number of hydrazine groups is 1. The van der Waals surface area contributed by atoms with Crippen LogP contribution in [0.1, 0.15) is 18.4 Å². The Labute approximate surface area is 113 Å². The molecule has 0 aliphatic heterocycles. The normalized spacial score (nSPS) is 8.76. The number of hydrogen-bond acceptors (Lipinski definition) is 4. The van der Waals surface area contributed by atoms with E-state index in [1.165, 1.54) is 0 Å². The minimum Gasteiger partial charge on any atom is -0.330 e. The van der Waals surface area contributed by atoms with Crippen LogP contribution in [0.5, 0.6) is 0 Å². The lowest BCUT2D eigenvalue weighted by molar-refractivity contribution is -0.122. The summed E-state index contributed by atoms with van der Waals surface area (Å²) in [5, 5.41) is 0. The molecule has 0 saturated carbocycles. The molecule has 17 heavy (non-hydrogen) atoms. The van der Waals surface area contributed by atoms with Crippen LogP contribution in [-0.2, 0) is 11.3 Å². The van der Waals surface area contributed by atoms with Gasteiger partial charge in [-0.3, -0.25) is 15.2 Å². The highest BCUT2D eigenvalue weighted by atomic mass is 35.5. The van der Waals surface area contributed by atoms with E-state index in [1.54, 1.807) is 12.4 Å². The maximum Gasteiger partial charge on any atom is 0.234 e. The lowest BCUT2D eigenvalue weighted by atomic mass is 10.3. The molecule has 1 heterocycles. The molecule has 0 bridgehead atoms. The average Bonchev–Trinajstić information content (AvgIpc) is 2.28. The molecule has 1 aromatic heterocycles.